The van der Waals surface area contributed by atoms with Crippen molar-refractivity contribution in [3.05, 3.63) is 40.3 Å². The first-order valence-corrected chi connectivity index (χ1v) is 9.36. The molecular formula is C17H17N3O3S2. The molecule has 0 spiro atoms. The number of aromatic nitrogens is 3. The molecule has 0 unspecified atom stereocenters. The van der Waals surface area contributed by atoms with Crippen LogP contribution in [0.3, 0.4) is 0 Å². The van der Waals surface area contributed by atoms with Crippen LogP contribution in [0, 0.1) is 13.8 Å². The van der Waals surface area contributed by atoms with Gasteiger partial charge in [0.2, 0.25) is 0 Å². The summed E-state index contributed by atoms with van der Waals surface area (Å²) in [5.41, 5.74) is 2.99. The number of hydrogen-bond donors (Lipinski definition) is 1. The molecule has 0 bridgehead atoms. The van der Waals surface area contributed by atoms with Crippen LogP contribution in [0.25, 0.3) is 10.2 Å². The van der Waals surface area contributed by atoms with Crippen molar-refractivity contribution in [3.8, 4) is 0 Å². The summed E-state index contributed by atoms with van der Waals surface area (Å²) < 4.78 is 5.77. The van der Waals surface area contributed by atoms with Crippen LogP contribution in [0.4, 0.5) is 0 Å². The summed E-state index contributed by atoms with van der Waals surface area (Å²) in [6.45, 7) is 5.35. The number of esters is 1. The molecule has 130 valence electrons. The van der Waals surface area contributed by atoms with Crippen molar-refractivity contribution in [2.24, 2.45) is 0 Å². The zero-order valence-electron chi connectivity index (χ0n) is 14.2. The zero-order chi connectivity index (χ0) is 18.1. The minimum Gasteiger partial charge on any atom is -0.465 e. The van der Waals surface area contributed by atoms with Gasteiger partial charge < -0.3 is 9.72 Å². The molecule has 0 fully saturated rings. The number of hydrogen-bond acceptors (Lipinski definition) is 7. The molecule has 1 N–H and O–H groups in total. The highest BCUT2D eigenvalue weighted by Crippen LogP contribution is 2.33. The van der Waals surface area contributed by atoms with Gasteiger partial charge in [-0.1, -0.05) is 11.8 Å². The number of H-pyrrole nitrogens is 1. The number of fused-ring (bicyclic) bond motifs is 1. The number of thioether (sulfide) groups is 1. The summed E-state index contributed by atoms with van der Waals surface area (Å²) in [5, 5.41) is 2.38. The number of nitrogens with zero attached hydrogens (tertiary/aromatic N) is 2. The van der Waals surface area contributed by atoms with Crippen LogP contribution in [-0.4, -0.2) is 39.1 Å². The third-order valence-corrected chi connectivity index (χ3v) is 6.08. The normalized spacial score (nSPS) is 12.3. The van der Waals surface area contributed by atoms with Crippen molar-refractivity contribution in [2.45, 2.75) is 31.0 Å². The average molecular weight is 375 g/mol. The Hall–Kier alpha value is -2.19. The predicted molar refractivity (Wildman–Crippen MR) is 98.7 cm³/mol. The van der Waals surface area contributed by atoms with Crippen LogP contribution >= 0.6 is 23.1 Å². The highest BCUT2D eigenvalue weighted by Gasteiger charge is 2.26. The minimum absolute atomic E-state index is 0.0796. The molecule has 0 aliphatic carbocycles. The molecule has 1 atom stereocenters. The fourth-order valence-corrected chi connectivity index (χ4v) is 4.58. The van der Waals surface area contributed by atoms with Crippen molar-refractivity contribution in [1.82, 2.24) is 15.0 Å². The number of nitrogens with one attached hydrogen (secondary N) is 1. The van der Waals surface area contributed by atoms with Gasteiger partial charge in [0, 0.05) is 5.69 Å². The van der Waals surface area contributed by atoms with E-state index in [0.29, 0.717) is 22.5 Å². The first kappa shape index (κ1) is 17.6. The molecule has 6 nitrogen and oxygen atoms in total. The fourth-order valence-electron chi connectivity index (χ4n) is 2.68. The fraction of sp³-hybridized carbons (Fsp3) is 0.294. The van der Waals surface area contributed by atoms with E-state index < -0.39 is 5.97 Å². The second kappa shape index (κ2) is 6.97. The van der Waals surface area contributed by atoms with E-state index in [9.17, 15) is 9.59 Å². The maximum Gasteiger partial charge on any atom is 0.339 e. The highest BCUT2D eigenvalue weighted by molar-refractivity contribution is 8.00. The molecule has 0 saturated carbocycles. The number of Topliss-reactive ketones (excluding diaryl/α,β-unsaturated/α-hetero) is 1. The molecule has 3 heterocycles. The van der Waals surface area contributed by atoms with E-state index in [2.05, 4.69) is 15.0 Å². The summed E-state index contributed by atoms with van der Waals surface area (Å²) in [6, 6.07) is 1.93. The molecule has 0 aliphatic heterocycles. The number of ketones is 1. The lowest BCUT2D eigenvalue weighted by atomic mass is 10.1. The van der Waals surface area contributed by atoms with E-state index >= 15 is 0 Å². The molecule has 0 aromatic carbocycles. The largest absolute Gasteiger partial charge is 0.465 e. The number of thiophene rings is 1. The van der Waals surface area contributed by atoms with Gasteiger partial charge in [0.05, 0.1) is 33.8 Å². The Balaban J connectivity index is 1.88. The lowest BCUT2D eigenvalue weighted by molar-refractivity contribution is 0.0599. The van der Waals surface area contributed by atoms with Crippen LogP contribution in [-0.2, 0) is 4.74 Å². The number of aryl methyl sites for hydroxylation is 1. The molecule has 3 rings (SSSR count). The second-order valence-electron chi connectivity index (χ2n) is 5.55. The number of rotatable bonds is 5. The van der Waals surface area contributed by atoms with Crippen molar-refractivity contribution < 1.29 is 14.3 Å². The number of methoxy groups -OCH3 is 1. The van der Waals surface area contributed by atoms with E-state index in [1.54, 1.807) is 25.2 Å². The molecule has 3 aromatic rings. The molecule has 0 amide bonds. The molecule has 25 heavy (non-hydrogen) atoms. The van der Waals surface area contributed by atoms with Crippen LogP contribution in [0.5, 0.6) is 0 Å². The molecule has 3 aromatic heterocycles. The van der Waals surface area contributed by atoms with Crippen LogP contribution in [0.1, 0.15) is 39.0 Å². The lowest BCUT2D eigenvalue weighted by Crippen LogP contribution is -2.15. The summed E-state index contributed by atoms with van der Waals surface area (Å²) in [6.07, 6.45) is 1.51. The van der Waals surface area contributed by atoms with Crippen LogP contribution < -0.4 is 0 Å². The van der Waals surface area contributed by atoms with Crippen LogP contribution in [0.2, 0.25) is 0 Å². The zero-order valence-corrected chi connectivity index (χ0v) is 15.9. The smallest absolute Gasteiger partial charge is 0.339 e. The second-order valence-corrected chi connectivity index (χ2v) is 7.80. The van der Waals surface area contributed by atoms with Gasteiger partial charge in [-0.05, 0) is 37.8 Å². The molecule has 0 aliphatic rings. The molecule has 0 saturated heterocycles. The predicted octanol–water partition coefficient (Wildman–Crippen LogP) is 3.79. The number of carbonyl (C=O) groups is 2. The van der Waals surface area contributed by atoms with E-state index in [0.717, 1.165) is 15.2 Å². The highest BCUT2D eigenvalue weighted by atomic mass is 32.2. The van der Waals surface area contributed by atoms with Gasteiger partial charge in [-0.15, -0.1) is 11.3 Å². The van der Waals surface area contributed by atoms with Gasteiger partial charge in [0.15, 0.2) is 5.78 Å². The Bertz CT molecular complexity index is 961. The molecule has 8 heteroatoms. The number of aromatic amines is 1. The minimum atomic E-state index is -0.443. The number of carbonyl (C=O) groups excluding carboxylic acids is 2. The SMILES string of the molecule is COC(=O)c1c(C)[nH]c(C(=O)[C@H](C)Sc2ncnc3ccsc23)c1C. The summed E-state index contributed by atoms with van der Waals surface area (Å²) in [5.74, 6) is -0.522. The Morgan fingerprint density at radius 2 is 2.08 bits per heavy atom. The Morgan fingerprint density at radius 3 is 2.80 bits per heavy atom. The van der Waals surface area contributed by atoms with Gasteiger partial charge in [-0.2, -0.15) is 0 Å². The summed E-state index contributed by atoms with van der Waals surface area (Å²) in [7, 11) is 1.33. The monoisotopic (exact) mass is 375 g/mol. The topological polar surface area (TPSA) is 84.9 Å². The first-order chi connectivity index (χ1) is 11.9. The standard InChI is InChI=1S/C17H17N3O3S2/c1-8-12(17(22)23-4)9(2)20-13(8)14(21)10(3)25-16-15-11(5-6-24-15)18-7-19-16/h5-7,10,20H,1-4H3/t10-/m0/s1. The van der Waals surface area contributed by atoms with Gasteiger partial charge in [0.25, 0.3) is 0 Å². The van der Waals surface area contributed by atoms with Crippen molar-refractivity contribution in [1.29, 1.82) is 0 Å². The van der Waals surface area contributed by atoms with Crippen molar-refractivity contribution in [3.63, 3.8) is 0 Å². The summed E-state index contributed by atoms with van der Waals surface area (Å²) in [4.78, 5) is 36.3. The number of ether oxygens (including phenoxy) is 1. The molecular weight excluding hydrogens is 358 g/mol. The van der Waals surface area contributed by atoms with Gasteiger partial charge in [-0.25, -0.2) is 14.8 Å². The van der Waals surface area contributed by atoms with Gasteiger partial charge >= 0.3 is 5.97 Å². The summed E-state index contributed by atoms with van der Waals surface area (Å²) >= 11 is 2.95. The van der Waals surface area contributed by atoms with Gasteiger partial charge in [0.1, 0.15) is 11.4 Å². The maximum absolute atomic E-state index is 12.9. The van der Waals surface area contributed by atoms with Gasteiger partial charge in [-0.3, -0.25) is 4.79 Å². The quantitative estimate of drug-likeness (QED) is 0.316. The van der Waals surface area contributed by atoms with E-state index in [4.69, 9.17) is 4.74 Å². The van der Waals surface area contributed by atoms with E-state index in [-0.39, 0.29) is 11.0 Å². The third kappa shape index (κ3) is 3.19. The lowest BCUT2D eigenvalue weighted by Gasteiger charge is -2.10. The Kier molecular flexibility index (Phi) is 4.91. The third-order valence-electron chi connectivity index (χ3n) is 3.94. The van der Waals surface area contributed by atoms with Crippen molar-refractivity contribution in [2.75, 3.05) is 7.11 Å². The van der Waals surface area contributed by atoms with Crippen molar-refractivity contribution >= 4 is 45.1 Å². The Morgan fingerprint density at radius 1 is 1.32 bits per heavy atom. The Labute approximate surface area is 153 Å². The average Bonchev–Trinajstić information content (AvgIpc) is 3.18. The van der Waals surface area contributed by atoms with E-state index in [1.165, 1.54) is 25.2 Å². The van der Waals surface area contributed by atoms with E-state index in [1.807, 2.05) is 18.4 Å². The molecule has 0 radical (unpaired) electrons. The van der Waals surface area contributed by atoms with Crippen LogP contribution in [0.15, 0.2) is 22.8 Å². The maximum atomic E-state index is 12.9. The first-order valence-electron chi connectivity index (χ1n) is 7.60.